The van der Waals surface area contributed by atoms with E-state index in [1.54, 1.807) is 18.3 Å². The minimum absolute atomic E-state index is 0.341. The third kappa shape index (κ3) is 1.71. The molecule has 1 aromatic carbocycles. The number of aromatic nitrogens is 2. The van der Waals surface area contributed by atoms with Gasteiger partial charge in [-0.1, -0.05) is 0 Å². The fraction of sp³-hybridized carbons (Fsp3) is 0.273. The Morgan fingerprint density at radius 3 is 2.94 bits per heavy atom. The van der Waals surface area contributed by atoms with Crippen molar-refractivity contribution < 1.29 is 9.53 Å². The lowest BCUT2D eigenvalue weighted by Crippen LogP contribution is -2.02. The van der Waals surface area contributed by atoms with Crippen LogP contribution < -0.4 is 0 Å². The summed E-state index contributed by atoms with van der Waals surface area (Å²) in [5.41, 5.74) is 1.52. The fourth-order valence-corrected chi connectivity index (χ4v) is 2.34. The number of methoxy groups -OCH3 is 1. The highest BCUT2D eigenvalue weighted by Gasteiger charge is 2.12. The number of hydrogen-bond donors (Lipinski definition) is 0. The van der Waals surface area contributed by atoms with Gasteiger partial charge in [0.15, 0.2) is 0 Å². The van der Waals surface area contributed by atoms with Crippen molar-refractivity contribution in [2.45, 2.75) is 13.5 Å². The standard InChI is InChI=1S/C11H11BrN2O2/c1-3-14-10-8(6-13-14)4-7(5-9(10)12)11(15)16-2/h4-6H,3H2,1-2H3. The summed E-state index contributed by atoms with van der Waals surface area (Å²) in [4.78, 5) is 11.4. The van der Waals surface area contributed by atoms with Gasteiger partial charge in [-0.3, -0.25) is 4.68 Å². The van der Waals surface area contributed by atoms with Gasteiger partial charge in [0.2, 0.25) is 0 Å². The van der Waals surface area contributed by atoms with Gasteiger partial charge in [0.1, 0.15) is 0 Å². The van der Waals surface area contributed by atoms with E-state index in [1.807, 2.05) is 11.6 Å². The summed E-state index contributed by atoms with van der Waals surface area (Å²) in [5, 5.41) is 5.16. The molecule has 0 saturated carbocycles. The van der Waals surface area contributed by atoms with Crippen LogP contribution in [-0.2, 0) is 11.3 Å². The first-order chi connectivity index (χ1) is 7.67. The monoisotopic (exact) mass is 282 g/mol. The van der Waals surface area contributed by atoms with E-state index in [9.17, 15) is 4.79 Å². The highest BCUT2D eigenvalue weighted by molar-refractivity contribution is 9.10. The van der Waals surface area contributed by atoms with E-state index in [0.29, 0.717) is 5.56 Å². The highest BCUT2D eigenvalue weighted by Crippen LogP contribution is 2.26. The van der Waals surface area contributed by atoms with Crippen molar-refractivity contribution in [3.8, 4) is 0 Å². The first-order valence-corrected chi connectivity index (χ1v) is 5.70. The summed E-state index contributed by atoms with van der Waals surface area (Å²) in [6.07, 6.45) is 1.75. The van der Waals surface area contributed by atoms with Gasteiger partial charge in [-0.25, -0.2) is 4.79 Å². The molecule has 0 radical (unpaired) electrons. The third-order valence-corrected chi connectivity index (χ3v) is 3.01. The summed E-state index contributed by atoms with van der Waals surface area (Å²) in [7, 11) is 1.37. The maximum absolute atomic E-state index is 11.4. The van der Waals surface area contributed by atoms with Crippen LogP contribution >= 0.6 is 15.9 Å². The number of hydrogen-bond acceptors (Lipinski definition) is 3. The molecule has 0 unspecified atom stereocenters. The van der Waals surface area contributed by atoms with Crippen molar-refractivity contribution in [1.29, 1.82) is 0 Å². The van der Waals surface area contributed by atoms with Gasteiger partial charge in [0.05, 0.1) is 24.4 Å². The molecule has 4 nitrogen and oxygen atoms in total. The quantitative estimate of drug-likeness (QED) is 0.796. The van der Waals surface area contributed by atoms with Crippen LogP contribution in [0.5, 0.6) is 0 Å². The predicted molar refractivity (Wildman–Crippen MR) is 64.4 cm³/mol. The van der Waals surface area contributed by atoms with Gasteiger partial charge in [-0.15, -0.1) is 0 Å². The number of aryl methyl sites for hydroxylation is 1. The van der Waals surface area contributed by atoms with Crippen molar-refractivity contribution in [2.24, 2.45) is 0 Å². The van der Waals surface area contributed by atoms with Crippen molar-refractivity contribution >= 4 is 32.8 Å². The van der Waals surface area contributed by atoms with E-state index < -0.39 is 0 Å². The lowest BCUT2D eigenvalue weighted by Gasteiger charge is -2.04. The number of ether oxygens (including phenoxy) is 1. The van der Waals surface area contributed by atoms with E-state index in [4.69, 9.17) is 0 Å². The Hall–Kier alpha value is -1.36. The molecular weight excluding hydrogens is 272 g/mol. The molecule has 1 aromatic heterocycles. The van der Waals surface area contributed by atoms with Crippen molar-refractivity contribution in [1.82, 2.24) is 9.78 Å². The van der Waals surface area contributed by atoms with E-state index in [2.05, 4.69) is 25.8 Å². The summed E-state index contributed by atoms with van der Waals surface area (Å²) >= 11 is 3.45. The van der Waals surface area contributed by atoms with Crippen LogP contribution in [0.15, 0.2) is 22.8 Å². The number of nitrogens with zero attached hydrogens (tertiary/aromatic N) is 2. The number of carbonyl (C=O) groups is 1. The summed E-state index contributed by atoms with van der Waals surface area (Å²) < 4.78 is 7.41. The van der Waals surface area contributed by atoms with Gasteiger partial charge < -0.3 is 4.74 Å². The zero-order chi connectivity index (χ0) is 11.7. The molecule has 16 heavy (non-hydrogen) atoms. The van der Waals surface area contributed by atoms with Gasteiger partial charge in [-0.2, -0.15) is 5.10 Å². The maximum Gasteiger partial charge on any atom is 0.337 e. The Kier molecular flexibility index (Phi) is 2.96. The molecule has 0 atom stereocenters. The second-order valence-electron chi connectivity index (χ2n) is 3.35. The molecule has 0 amide bonds. The molecule has 5 heteroatoms. The zero-order valence-corrected chi connectivity index (χ0v) is 10.6. The van der Waals surface area contributed by atoms with Gasteiger partial charge in [0, 0.05) is 16.4 Å². The number of fused-ring (bicyclic) bond motifs is 1. The minimum Gasteiger partial charge on any atom is -0.465 e. The summed E-state index contributed by atoms with van der Waals surface area (Å²) in [5.74, 6) is -0.341. The predicted octanol–water partition coefficient (Wildman–Crippen LogP) is 2.61. The van der Waals surface area contributed by atoms with Gasteiger partial charge >= 0.3 is 5.97 Å². The number of rotatable bonds is 2. The molecule has 0 aliphatic rings. The van der Waals surface area contributed by atoms with Crippen LogP contribution in [0.2, 0.25) is 0 Å². The van der Waals surface area contributed by atoms with E-state index >= 15 is 0 Å². The smallest absolute Gasteiger partial charge is 0.337 e. The zero-order valence-electron chi connectivity index (χ0n) is 9.03. The molecule has 0 aliphatic carbocycles. The largest absolute Gasteiger partial charge is 0.465 e. The molecule has 0 N–H and O–H groups in total. The minimum atomic E-state index is -0.341. The molecule has 84 valence electrons. The molecule has 0 fully saturated rings. The van der Waals surface area contributed by atoms with Crippen molar-refractivity contribution in [3.05, 3.63) is 28.4 Å². The second kappa shape index (κ2) is 4.25. The Morgan fingerprint density at radius 2 is 2.31 bits per heavy atom. The number of halogens is 1. The number of carbonyl (C=O) groups excluding carboxylic acids is 1. The summed E-state index contributed by atoms with van der Waals surface area (Å²) in [6.45, 7) is 2.81. The van der Waals surface area contributed by atoms with Crippen LogP contribution in [0, 0.1) is 0 Å². The first-order valence-electron chi connectivity index (χ1n) is 4.90. The van der Waals surface area contributed by atoms with Gasteiger partial charge in [0.25, 0.3) is 0 Å². The second-order valence-corrected chi connectivity index (χ2v) is 4.20. The van der Waals surface area contributed by atoms with E-state index in [1.165, 1.54) is 7.11 Å². The Bertz CT molecular complexity index is 548. The molecule has 0 spiro atoms. The van der Waals surface area contributed by atoms with Crippen LogP contribution in [0.25, 0.3) is 10.9 Å². The first kappa shape index (κ1) is 11.1. The SMILES string of the molecule is CCn1ncc2cc(C(=O)OC)cc(Br)c21. The van der Waals surface area contributed by atoms with E-state index in [0.717, 1.165) is 21.9 Å². The Labute approximate surface area is 101 Å². The fourth-order valence-electron chi connectivity index (χ4n) is 1.66. The average molecular weight is 283 g/mol. The van der Waals surface area contributed by atoms with Crippen LogP contribution in [0.3, 0.4) is 0 Å². The Morgan fingerprint density at radius 1 is 1.56 bits per heavy atom. The van der Waals surface area contributed by atoms with E-state index in [-0.39, 0.29) is 5.97 Å². The molecule has 0 aliphatic heterocycles. The number of esters is 1. The lowest BCUT2D eigenvalue weighted by molar-refractivity contribution is 0.0601. The summed E-state index contributed by atoms with van der Waals surface area (Å²) in [6, 6.07) is 3.53. The van der Waals surface area contributed by atoms with Crippen LogP contribution in [-0.4, -0.2) is 22.9 Å². The molecule has 2 rings (SSSR count). The average Bonchev–Trinajstić information content (AvgIpc) is 2.71. The van der Waals surface area contributed by atoms with Gasteiger partial charge in [-0.05, 0) is 35.0 Å². The maximum atomic E-state index is 11.4. The van der Waals surface area contributed by atoms with Crippen molar-refractivity contribution in [2.75, 3.05) is 7.11 Å². The highest BCUT2D eigenvalue weighted by atomic mass is 79.9. The normalized spacial score (nSPS) is 10.7. The molecule has 0 bridgehead atoms. The molecule has 1 heterocycles. The topological polar surface area (TPSA) is 44.1 Å². The Balaban J connectivity index is 2.65. The van der Waals surface area contributed by atoms with Crippen LogP contribution in [0.4, 0.5) is 0 Å². The molecule has 2 aromatic rings. The molecule has 0 saturated heterocycles. The lowest BCUT2D eigenvalue weighted by atomic mass is 10.1. The van der Waals surface area contributed by atoms with Crippen LogP contribution in [0.1, 0.15) is 17.3 Å². The third-order valence-electron chi connectivity index (χ3n) is 2.41. The van der Waals surface area contributed by atoms with Crippen molar-refractivity contribution in [3.63, 3.8) is 0 Å². The number of benzene rings is 1. The molecular formula is C11H11BrN2O2.